The number of carbonyl (C=O) groups is 1. The second kappa shape index (κ2) is 7.50. The van der Waals surface area contributed by atoms with Crippen molar-refractivity contribution in [3.05, 3.63) is 59.7 Å². The predicted molar refractivity (Wildman–Crippen MR) is 84.5 cm³/mol. The minimum Gasteiger partial charge on any atom is -0.494 e. The highest BCUT2D eigenvalue weighted by molar-refractivity contribution is 5.73. The van der Waals surface area contributed by atoms with Gasteiger partial charge in [0, 0.05) is 6.42 Å². The molecule has 0 aliphatic heterocycles. The molecule has 0 aromatic heterocycles. The van der Waals surface area contributed by atoms with Crippen LogP contribution in [0, 0.1) is 6.92 Å². The van der Waals surface area contributed by atoms with E-state index >= 15 is 0 Å². The highest BCUT2D eigenvalue weighted by atomic mass is 16.5. The maximum absolute atomic E-state index is 11.5. The van der Waals surface area contributed by atoms with Gasteiger partial charge in [0.1, 0.15) is 11.5 Å². The van der Waals surface area contributed by atoms with Crippen molar-refractivity contribution in [3.63, 3.8) is 0 Å². The molecule has 0 bridgehead atoms. The normalized spacial score (nSPS) is 11.7. The monoisotopic (exact) mass is 300 g/mol. The van der Waals surface area contributed by atoms with E-state index in [-0.39, 0.29) is 6.42 Å². The molecule has 0 saturated carbocycles. The summed E-state index contributed by atoms with van der Waals surface area (Å²) in [5.74, 6) is 0.262. The Morgan fingerprint density at radius 1 is 1.18 bits per heavy atom. The first-order valence-electron chi connectivity index (χ1n) is 7.27. The van der Waals surface area contributed by atoms with Gasteiger partial charge < -0.3 is 14.6 Å². The average molecular weight is 300 g/mol. The van der Waals surface area contributed by atoms with E-state index in [4.69, 9.17) is 9.47 Å². The Morgan fingerprint density at radius 3 is 2.64 bits per heavy atom. The number of carboxylic acids is 1. The first-order valence-corrected chi connectivity index (χ1v) is 7.27. The summed E-state index contributed by atoms with van der Waals surface area (Å²) in [7, 11) is 0. The molecule has 0 heterocycles. The smallest absolute Gasteiger partial charge is 0.345 e. The van der Waals surface area contributed by atoms with Crippen molar-refractivity contribution in [2.75, 3.05) is 6.61 Å². The van der Waals surface area contributed by atoms with E-state index in [1.165, 1.54) is 0 Å². The Kier molecular flexibility index (Phi) is 5.42. The zero-order valence-electron chi connectivity index (χ0n) is 12.8. The Hall–Kier alpha value is -2.49. The van der Waals surface area contributed by atoms with Crippen LogP contribution in [0.1, 0.15) is 18.1 Å². The van der Waals surface area contributed by atoms with Crippen LogP contribution in [0.4, 0.5) is 0 Å². The molecule has 0 saturated heterocycles. The number of aliphatic carboxylic acids is 1. The van der Waals surface area contributed by atoms with Crippen LogP contribution in [0.3, 0.4) is 0 Å². The summed E-state index contributed by atoms with van der Waals surface area (Å²) >= 11 is 0. The standard InChI is InChI=1S/C18H20O4/c1-3-21-16-10-5-4-8-14(16)12-17(18(19)20)22-15-9-6-7-13(2)11-15/h4-11,17H,3,12H2,1-2H3,(H,19,20)/t17-/m0/s1. The van der Waals surface area contributed by atoms with E-state index in [0.29, 0.717) is 18.1 Å². The predicted octanol–water partition coefficient (Wildman–Crippen LogP) is 3.47. The minimum absolute atomic E-state index is 0.249. The Labute approximate surface area is 130 Å². The molecule has 0 fully saturated rings. The molecule has 0 aliphatic rings. The van der Waals surface area contributed by atoms with Crippen LogP contribution in [-0.4, -0.2) is 23.8 Å². The fraction of sp³-hybridized carbons (Fsp3) is 0.278. The quantitative estimate of drug-likeness (QED) is 0.850. The van der Waals surface area contributed by atoms with Crippen LogP contribution in [0.15, 0.2) is 48.5 Å². The first kappa shape index (κ1) is 15.9. The molecular formula is C18H20O4. The Bertz CT molecular complexity index is 636. The minimum atomic E-state index is -0.993. The van der Waals surface area contributed by atoms with E-state index in [0.717, 1.165) is 11.1 Å². The molecule has 116 valence electrons. The van der Waals surface area contributed by atoms with Crippen molar-refractivity contribution in [2.45, 2.75) is 26.4 Å². The molecule has 22 heavy (non-hydrogen) atoms. The molecule has 4 heteroatoms. The van der Waals surface area contributed by atoms with Gasteiger partial charge in [-0.15, -0.1) is 0 Å². The fourth-order valence-corrected chi connectivity index (χ4v) is 2.20. The highest BCUT2D eigenvalue weighted by Crippen LogP contribution is 2.22. The lowest BCUT2D eigenvalue weighted by Gasteiger charge is -2.17. The van der Waals surface area contributed by atoms with Gasteiger partial charge in [-0.2, -0.15) is 0 Å². The summed E-state index contributed by atoms with van der Waals surface area (Å²) in [5.41, 5.74) is 1.85. The van der Waals surface area contributed by atoms with Crippen LogP contribution in [-0.2, 0) is 11.2 Å². The number of hydrogen-bond acceptors (Lipinski definition) is 3. The van der Waals surface area contributed by atoms with E-state index in [9.17, 15) is 9.90 Å². The van der Waals surface area contributed by atoms with Crippen LogP contribution in [0.5, 0.6) is 11.5 Å². The van der Waals surface area contributed by atoms with Gasteiger partial charge >= 0.3 is 5.97 Å². The van der Waals surface area contributed by atoms with Crippen molar-refractivity contribution >= 4 is 5.97 Å². The van der Waals surface area contributed by atoms with Gasteiger partial charge in [-0.1, -0.05) is 30.3 Å². The van der Waals surface area contributed by atoms with Gasteiger partial charge in [0.25, 0.3) is 0 Å². The zero-order valence-corrected chi connectivity index (χ0v) is 12.8. The lowest BCUT2D eigenvalue weighted by atomic mass is 10.1. The third kappa shape index (κ3) is 4.25. The lowest BCUT2D eigenvalue weighted by molar-refractivity contribution is -0.145. The van der Waals surface area contributed by atoms with Gasteiger partial charge in [-0.05, 0) is 43.2 Å². The number of rotatable bonds is 7. The summed E-state index contributed by atoms with van der Waals surface area (Å²) in [5, 5.41) is 9.42. The molecule has 0 aliphatic carbocycles. The SMILES string of the molecule is CCOc1ccccc1C[C@H](Oc1cccc(C)c1)C(=O)O. The van der Waals surface area contributed by atoms with Crippen molar-refractivity contribution in [2.24, 2.45) is 0 Å². The second-order valence-corrected chi connectivity index (χ2v) is 5.01. The average Bonchev–Trinajstić information content (AvgIpc) is 2.48. The third-order valence-corrected chi connectivity index (χ3v) is 3.22. The summed E-state index contributed by atoms with van der Waals surface area (Å²) < 4.78 is 11.2. The number of carboxylic acid groups (broad SMARTS) is 1. The number of para-hydroxylation sites is 1. The van der Waals surface area contributed by atoms with E-state index in [1.54, 1.807) is 6.07 Å². The molecule has 1 atom stereocenters. The summed E-state index contributed by atoms with van der Waals surface area (Å²) in [4.78, 5) is 11.5. The van der Waals surface area contributed by atoms with Crippen LogP contribution >= 0.6 is 0 Å². The van der Waals surface area contributed by atoms with Crippen LogP contribution in [0.2, 0.25) is 0 Å². The first-order chi connectivity index (χ1) is 10.6. The van der Waals surface area contributed by atoms with Gasteiger partial charge in [0.05, 0.1) is 6.61 Å². The molecule has 0 amide bonds. The van der Waals surface area contributed by atoms with Crippen molar-refractivity contribution in [3.8, 4) is 11.5 Å². The fourth-order valence-electron chi connectivity index (χ4n) is 2.20. The molecule has 2 aromatic carbocycles. The topological polar surface area (TPSA) is 55.8 Å². The maximum Gasteiger partial charge on any atom is 0.345 e. The van der Waals surface area contributed by atoms with Crippen molar-refractivity contribution in [1.29, 1.82) is 0 Å². The van der Waals surface area contributed by atoms with Gasteiger partial charge in [0.15, 0.2) is 6.10 Å². The highest BCUT2D eigenvalue weighted by Gasteiger charge is 2.22. The van der Waals surface area contributed by atoms with Gasteiger partial charge in [-0.3, -0.25) is 0 Å². The van der Waals surface area contributed by atoms with Gasteiger partial charge in [0.2, 0.25) is 0 Å². The molecule has 2 aromatic rings. The second-order valence-electron chi connectivity index (χ2n) is 5.01. The molecule has 0 spiro atoms. The largest absolute Gasteiger partial charge is 0.494 e. The van der Waals surface area contributed by atoms with Gasteiger partial charge in [-0.25, -0.2) is 4.79 Å². The molecule has 1 N–H and O–H groups in total. The zero-order chi connectivity index (χ0) is 15.9. The summed E-state index contributed by atoms with van der Waals surface area (Å²) in [6, 6.07) is 14.8. The Morgan fingerprint density at radius 2 is 1.95 bits per heavy atom. The van der Waals surface area contributed by atoms with Crippen molar-refractivity contribution in [1.82, 2.24) is 0 Å². The van der Waals surface area contributed by atoms with Crippen LogP contribution in [0.25, 0.3) is 0 Å². The number of aryl methyl sites for hydroxylation is 1. The van der Waals surface area contributed by atoms with Crippen LogP contribution < -0.4 is 9.47 Å². The molecular weight excluding hydrogens is 280 g/mol. The molecule has 0 unspecified atom stereocenters. The van der Waals surface area contributed by atoms with E-state index in [2.05, 4.69) is 0 Å². The lowest BCUT2D eigenvalue weighted by Crippen LogP contribution is -2.29. The Balaban J connectivity index is 2.17. The van der Waals surface area contributed by atoms with E-state index < -0.39 is 12.1 Å². The summed E-state index contributed by atoms with van der Waals surface area (Å²) in [6.45, 7) is 4.37. The molecule has 2 rings (SSSR count). The number of ether oxygens (including phenoxy) is 2. The summed E-state index contributed by atoms with van der Waals surface area (Å²) in [6.07, 6.45) is -0.706. The number of hydrogen-bond donors (Lipinski definition) is 1. The molecule has 0 radical (unpaired) electrons. The number of benzene rings is 2. The maximum atomic E-state index is 11.5. The molecule has 4 nitrogen and oxygen atoms in total. The van der Waals surface area contributed by atoms with Crippen molar-refractivity contribution < 1.29 is 19.4 Å². The third-order valence-electron chi connectivity index (χ3n) is 3.22. The van der Waals surface area contributed by atoms with E-state index in [1.807, 2.05) is 56.3 Å².